The lowest BCUT2D eigenvalue weighted by Crippen LogP contribution is -2.28. The van der Waals surface area contributed by atoms with Gasteiger partial charge in [0.15, 0.2) is 0 Å². The van der Waals surface area contributed by atoms with Gasteiger partial charge in [-0.25, -0.2) is 9.97 Å². The number of hydrogen-bond acceptors (Lipinski definition) is 4. The van der Waals surface area contributed by atoms with Crippen LogP contribution in [0.2, 0.25) is 5.15 Å². The average Bonchev–Trinajstić information content (AvgIpc) is 2.27. The molecule has 1 aromatic rings. The summed E-state index contributed by atoms with van der Waals surface area (Å²) in [5.74, 6) is 1.55. The minimum absolute atomic E-state index is 0.429. The van der Waals surface area contributed by atoms with Crippen LogP contribution < -0.4 is 5.32 Å². The molecule has 1 saturated heterocycles. The molecule has 1 aromatic heterocycles. The Bertz CT molecular complexity index is 378. The zero-order valence-corrected chi connectivity index (χ0v) is 10.3. The lowest BCUT2D eigenvalue weighted by Gasteiger charge is -2.24. The summed E-state index contributed by atoms with van der Waals surface area (Å²) in [6, 6.07) is 0.429. The fourth-order valence-corrected chi connectivity index (χ4v) is 1.98. The first-order valence-corrected chi connectivity index (χ1v) is 5.89. The number of hydrogen-bond donors (Lipinski definition) is 1. The summed E-state index contributed by atoms with van der Waals surface area (Å²) in [5, 5.41) is 3.94. The van der Waals surface area contributed by atoms with Crippen LogP contribution in [0, 0.1) is 13.8 Å². The van der Waals surface area contributed by atoms with Crippen LogP contribution in [0.4, 0.5) is 5.82 Å². The normalized spacial score (nSPS) is 17.4. The Morgan fingerprint density at radius 2 is 1.94 bits per heavy atom. The number of ether oxygens (including phenoxy) is 1. The fourth-order valence-electron chi connectivity index (χ4n) is 1.77. The molecule has 0 spiro atoms. The van der Waals surface area contributed by atoms with E-state index in [0.717, 1.165) is 37.4 Å². The highest BCUT2D eigenvalue weighted by molar-refractivity contribution is 6.30. The third-order valence-electron chi connectivity index (χ3n) is 2.76. The molecule has 1 fully saturated rings. The van der Waals surface area contributed by atoms with Gasteiger partial charge in [-0.1, -0.05) is 11.6 Å². The first-order chi connectivity index (χ1) is 7.66. The van der Waals surface area contributed by atoms with Gasteiger partial charge in [0.05, 0.1) is 0 Å². The minimum atomic E-state index is 0.429. The van der Waals surface area contributed by atoms with E-state index in [0.29, 0.717) is 17.0 Å². The smallest absolute Gasteiger partial charge is 0.137 e. The fraction of sp³-hybridized carbons (Fsp3) is 0.636. The van der Waals surface area contributed by atoms with E-state index in [4.69, 9.17) is 16.3 Å². The molecule has 16 heavy (non-hydrogen) atoms. The molecule has 0 unspecified atom stereocenters. The van der Waals surface area contributed by atoms with Crippen molar-refractivity contribution < 1.29 is 4.74 Å². The molecule has 5 heteroatoms. The predicted octanol–water partition coefficient (Wildman–Crippen LogP) is 2.34. The molecule has 4 nitrogen and oxygen atoms in total. The summed E-state index contributed by atoms with van der Waals surface area (Å²) >= 11 is 6.02. The molecule has 1 N–H and O–H groups in total. The zero-order chi connectivity index (χ0) is 11.5. The lowest BCUT2D eigenvalue weighted by molar-refractivity contribution is 0.0903. The second kappa shape index (κ2) is 4.97. The Kier molecular flexibility index (Phi) is 3.61. The van der Waals surface area contributed by atoms with Crippen LogP contribution in [-0.4, -0.2) is 29.2 Å². The first-order valence-electron chi connectivity index (χ1n) is 5.52. The van der Waals surface area contributed by atoms with Gasteiger partial charge in [0.2, 0.25) is 0 Å². The molecule has 0 saturated carbocycles. The van der Waals surface area contributed by atoms with E-state index in [9.17, 15) is 0 Å². The summed E-state index contributed by atoms with van der Waals surface area (Å²) in [6.07, 6.45) is 2.03. The molecule has 0 amide bonds. The van der Waals surface area contributed by atoms with Crippen LogP contribution in [-0.2, 0) is 4.74 Å². The molecule has 1 aliphatic rings. The number of rotatable bonds is 2. The summed E-state index contributed by atoms with van der Waals surface area (Å²) in [6.45, 7) is 5.41. The van der Waals surface area contributed by atoms with Gasteiger partial charge in [0.25, 0.3) is 0 Å². The number of aromatic nitrogens is 2. The van der Waals surface area contributed by atoms with Gasteiger partial charge in [-0.2, -0.15) is 0 Å². The third kappa shape index (κ3) is 2.62. The quantitative estimate of drug-likeness (QED) is 0.808. The Morgan fingerprint density at radius 1 is 1.25 bits per heavy atom. The van der Waals surface area contributed by atoms with Gasteiger partial charge in [-0.3, -0.25) is 0 Å². The molecular weight excluding hydrogens is 226 g/mol. The number of anilines is 1. The maximum atomic E-state index is 6.02. The molecule has 0 aliphatic carbocycles. The van der Waals surface area contributed by atoms with Gasteiger partial charge in [-0.05, 0) is 26.7 Å². The van der Waals surface area contributed by atoms with Crippen molar-refractivity contribution in [2.45, 2.75) is 32.7 Å². The summed E-state index contributed by atoms with van der Waals surface area (Å²) in [4.78, 5) is 8.50. The second-order valence-corrected chi connectivity index (χ2v) is 4.42. The van der Waals surface area contributed by atoms with Crippen molar-refractivity contribution >= 4 is 17.4 Å². The van der Waals surface area contributed by atoms with Crippen LogP contribution in [0.1, 0.15) is 24.2 Å². The Labute approximate surface area is 100 Å². The monoisotopic (exact) mass is 241 g/mol. The third-order valence-corrected chi connectivity index (χ3v) is 3.13. The Morgan fingerprint density at radius 3 is 2.62 bits per heavy atom. The second-order valence-electron chi connectivity index (χ2n) is 4.07. The van der Waals surface area contributed by atoms with Crippen molar-refractivity contribution in [2.75, 3.05) is 18.5 Å². The van der Waals surface area contributed by atoms with E-state index in [-0.39, 0.29) is 0 Å². The minimum Gasteiger partial charge on any atom is -0.381 e. The van der Waals surface area contributed by atoms with Crippen LogP contribution in [0.15, 0.2) is 0 Å². The van der Waals surface area contributed by atoms with Crippen LogP contribution in [0.5, 0.6) is 0 Å². The number of nitrogens with one attached hydrogen (secondary N) is 1. The molecule has 0 aromatic carbocycles. The van der Waals surface area contributed by atoms with E-state index in [1.165, 1.54) is 0 Å². The average molecular weight is 242 g/mol. The van der Waals surface area contributed by atoms with E-state index in [2.05, 4.69) is 15.3 Å². The van der Waals surface area contributed by atoms with E-state index in [1.807, 2.05) is 13.8 Å². The molecule has 2 rings (SSSR count). The molecule has 0 bridgehead atoms. The molecule has 0 radical (unpaired) electrons. The van der Waals surface area contributed by atoms with Crippen molar-refractivity contribution in [1.29, 1.82) is 0 Å². The van der Waals surface area contributed by atoms with E-state index < -0.39 is 0 Å². The zero-order valence-electron chi connectivity index (χ0n) is 9.59. The maximum Gasteiger partial charge on any atom is 0.137 e. The van der Waals surface area contributed by atoms with Gasteiger partial charge in [0.1, 0.15) is 16.8 Å². The Hall–Kier alpha value is -0.870. The highest BCUT2D eigenvalue weighted by Gasteiger charge is 2.16. The van der Waals surface area contributed by atoms with Gasteiger partial charge >= 0.3 is 0 Å². The summed E-state index contributed by atoms with van der Waals surface area (Å²) < 4.78 is 5.32. The Balaban J connectivity index is 2.13. The first kappa shape index (κ1) is 11.6. The molecule has 2 heterocycles. The van der Waals surface area contributed by atoms with Crippen molar-refractivity contribution in [3.05, 3.63) is 16.5 Å². The van der Waals surface area contributed by atoms with Crippen molar-refractivity contribution in [3.8, 4) is 0 Å². The van der Waals surface area contributed by atoms with Crippen molar-refractivity contribution in [2.24, 2.45) is 0 Å². The van der Waals surface area contributed by atoms with Gasteiger partial charge < -0.3 is 10.1 Å². The van der Waals surface area contributed by atoms with E-state index >= 15 is 0 Å². The standard InChI is InChI=1S/C11H16ClN3O/c1-7-10(12)13-8(2)14-11(7)15-9-3-5-16-6-4-9/h9H,3-6H2,1-2H3,(H,13,14,15). The number of halogens is 1. The number of aryl methyl sites for hydroxylation is 1. The van der Waals surface area contributed by atoms with Crippen LogP contribution in [0.3, 0.4) is 0 Å². The van der Waals surface area contributed by atoms with Crippen LogP contribution in [0.25, 0.3) is 0 Å². The van der Waals surface area contributed by atoms with Gasteiger partial charge in [-0.15, -0.1) is 0 Å². The molecule has 88 valence electrons. The SMILES string of the molecule is Cc1nc(Cl)c(C)c(NC2CCOCC2)n1. The highest BCUT2D eigenvalue weighted by atomic mass is 35.5. The topological polar surface area (TPSA) is 47.0 Å². The van der Waals surface area contributed by atoms with E-state index in [1.54, 1.807) is 0 Å². The molecule has 0 atom stereocenters. The lowest BCUT2D eigenvalue weighted by atomic mass is 10.1. The maximum absolute atomic E-state index is 6.02. The van der Waals surface area contributed by atoms with Crippen LogP contribution >= 0.6 is 11.6 Å². The number of nitrogens with zero attached hydrogens (tertiary/aromatic N) is 2. The van der Waals surface area contributed by atoms with Crippen molar-refractivity contribution in [1.82, 2.24) is 9.97 Å². The highest BCUT2D eigenvalue weighted by Crippen LogP contribution is 2.22. The summed E-state index contributed by atoms with van der Waals surface area (Å²) in [5.41, 5.74) is 0.916. The molecule has 1 aliphatic heterocycles. The van der Waals surface area contributed by atoms with Gasteiger partial charge in [0, 0.05) is 24.8 Å². The van der Waals surface area contributed by atoms with Crippen molar-refractivity contribution in [3.63, 3.8) is 0 Å². The predicted molar refractivity (Wildman–Crippen MR) is 64.0 cm³/mol. The molecular formula is C11H16ClN3O. The summed E-state index contributed by atoms with van der Waals surface area (Å²) in [7, 11) is 0. The largest absolute Gasteiger partial charge is 0.381 e.